The van der Waals surface area contributed by atoms with Crippen molar-refractivity contribution in [2.45, 2.75) is 31.7 Å². The van der Waals surface area contributed by atoms with Crippen LogP contribution in [-0.2, 0) is 0 Å². The maximum Gasteiger partial charge on any atom is 0.0133 e. The number of hydrogen-bond acceptors (Lipinski definition) is 2. The van der Waals surface area contributed by atoms with Gasteiger partial charge in [-0.3, -0.25) is 0 Å². The lowest BCUT2D eigenvalue weighted by Crippen LogP contribution is -2.41. The standard InChI is InChI=1S/C10H20N2/c1-12-7-3-5-10(12)9-4-2-6-11-8-9/h9-11H,2-8H2,1H3/t9-,10+/m0/s1. The van der Waals surface area contributed by atoms with Crippen molar-refractivity contribution in [1.29, 1.82) is 0 Å². The van der Waals surface area contributed by atoms with Crippen molar-refractivity contribution in [1.82, 2.24) is 10.2 Å². The molecule has 0 saturated carbocycles. The molecule has 0 aromatic heterocycles. The molecule has 2 nitrogen and oxygen atoms in total. The van der Waals surface area contributed by atoms with Crippen molar-refractivity contribution in [2.75, 3.05) is 26.7 Å². The maximum absolute atomic E-state index is 3.51. The number of piperidine rings is 1. The third-order valence-corrected chi connectivity index (χ3v) is 3.46. The molecular weight excluding hydrogens is 148 g/mol. The first-order valence-corrected chi connectivity index (χ1v) is 5.29. The molecule has 2 rings (SSSR count). The largest absolute Gasteiger partial charge is 0.316 e. The fraction of sp³-hybridized carbons (Fsp3) is 1.00. The summed E-state index contributed by atoms with van der Waals surface area (Å²) in [5.74, 6) is 0.936. The van der Waals surface area contributed by atoms with Crippen molar-refractivity contribution in [3.8, 4) is 0 Å². The fourth-order valence-electron chi connectivity index (χ4n) is 2.74. The molecule has 2 heterocycles. The summed E-state index contributed by atoms with van der Waals surface area (Å²) in [7, 11) is 2.28. The van der Waals surface area contributed by atoms with Gasteiger partial charge in [0.2, 0.25) is 0 Å². The van der Waals surface area contributed by atoms with Crippen molar-refractivity contribution >= 4 is 0 Å². The SMILES string of the molecule is CN1CCC[C@@H]1[C@H]1CCCNC1. The number of likely N-dealkylation sites (tertiary alicyclic amines) is 1. The van der Waals surface area contributed by atoms with Crippen LogP contribution in [0.3, 0.4) is 0 Å². The Morgan fingerprint density at radius 3 is 2.75 bits per heavy atom. The highest BCUT2D eigenvalue weighted by Gasteiger charge is 2.29. The van der Waals surface area contributed by atoms with Gasteiger partial charge in [-0.1, -0.05) is 0 Å². The summed E-state index contributed by atoms with van der Waals surface area (Å²) in [6.45, 7) is 3.82. The van der Waals surface area contributed by atoms with Crippen LogP contribution in [0.1, 0.15) is 25.7 Å². The van der Waals surface area contributed by atoms with E-state index in [4.69, 9.17) is 0 Å². The Labute approximate surface area is 75.3 Å². The molecule has 2 heteroatoms. The molecule has 0 unspecified atom stereocenters. The molecule has 0 aromatic rings. The van der Waals surface area contributed by atoms with Crippen LogP contribution in [0.5, 0.6) is 0 Å². The second-order valence-corrected chi connectivity index (χ2v) is 4.30. The molecule has 0 spiro atoms. The highest BCUT2D eigenvalue weighted by molar-refractivity contribution is 4.86. The minimum Gasteiger partial charge on any atom is -0.316 e. The molecule has 0 radical (unpaired) electrons. The molecule has 2 fully saturated rings. The number of hydrogen-bond donors (Lipinski definition) is 1. The normalized spacial score (nSPS) is 38.8. The quantitative estimate of drug-likeness (QED) is 0.630. The zero-order valence-corrected chi connectivity index (χ0v) is 8.05. The molecule has 2 atom stereocenters. The molecule has 1 N–H and O–H groups in total. The van der Waals surface area contributed by atoms with Gasteiger partial charge in [0, 0.05) is 6.04 Å². The minimum atomic E-state index is 0.887. The highest BCUT2D eigenvalue weighted by Crippen LogP contribution is 2.26. The number of nitrogens with zero attached hydrogens (tertiary/aromatic N) is 1. The second kappa shape index (κ2) is 3.75. The predicted octanol–water partition coefficient (Wildman–Crippen LogP) is 1.08. The molecule has 70 valence electrons. The van der Waals surface area contributed by atoms with Gasteiger partial charge in [0.05, 0.1) is 0 Å². The van der Waals surface area contributed by atoms with E-state index in [9.17, 15) is 0 Å². The molecule has 2 aliphatic rings. The Morgan fingerprint density at radius 2 is 2.17 bits per heavy atom. The fourth-order valence-corrected chi connectivity index (χ4v) is 2.74. The summed E-state index contributed by atoms with van der Waals surface area (Å²) in [6, 6.07) is 0.887. The van der Waals surface area contributed by atoms with E-state index < -0.39 is 0 Å². The van der Waals surface area contributed by atoms with Crippen LogP contribution in [0.25, 0.3) is 0 Å². The van der Waals surface area contributed by atoms with Crippen LogP contribution in [0.2, 0.25) is 0 Å². The first-order valence-electron chi connectivity index (χ1n) is 5.29. The third-order valence-electron chi connectivity index (χ3n) is 3.46. The molecule has 0 amide bonds. The average molecular weight is 168 g/mol. The van der Waals surface area contributed by atoms with Gasteiger partial charge in [-0.05, 0) is 58.3 Å². The lowest BCUT2D eigenvalue weighted by atomic mass is 9.90. The summed E-state index contributed by atoms with van der Waals surface area (Å²) in [6.07, 6.45) is 5.68. The van der Waals surface area contributed by atoms with E-state index in [1.165, 1.54) is 45.3 Å². The third kappa shape index (κ3) is 1.64. The van der Waals surface area contributed by atoms with Gasteiger partial charge in [-0.25, -0.2) is 0 Å². The highest BCUT2D eigenvalue weighted by atomic mass is 15.2. The van der Waals surface area contributed by atoms with Crippen LogP contribution >= 0.6 is 0 Å². The molecule has 0 aromatic carbocycles. The van der Waals surface area contributed by atoms with E-state index in [0.717, 1.165) is 12.0 Å². The molecular formula is C10H20N2. The molecule has 0 aliphatic carbocycles. The van der Waals surface area contributed by atoms with Gasteiger partial charge in [0.25, 0.3) is 0 Å². The zero-order chi connectivity index (χ0) is 8.39. The predicted molar refractivity (Wildman–Crippen MR) is 51.2 cm³/mol. The van der Waals surface area contributed by atoms with E-state index in [1.807, 2.05) is 0 Å². The molecule has 0 bridgehead atoms. The smallest absolute Gasteiger partial charge is 0.0133 e. The van der Waals surface area contributed by atoms with Gasteiger partial charge >= 0.3 is 0 Å². The van der Waals surface area contributed by atoms with Crippen LogP contribution in [0, 0.1) is 5.92 Å². The average Bonchev–Trinajstić information content (AvgIpc) is 2.53. The Balaban J connectivity index is 1.89. The minimum absolute atomic E-state index is 0.887. The summed E-state index contributed by atoms with van der Waals surface area (Å²) in [5.41, 5.74) is 0. The zero-order valence-electron chi connectivity index (χ0n) is 8.05. The molecule has 2 aliphatic heterocycles. The van der Waals surface area contributed by atoms with Gasteiger partial charge in [0.1, 0.15) is 0 Å². The second-order valence-electron chi connectivity index (χ2n) is 4.30. The van der Waals surface area contributed by atoms with Crippen LogP contribution in [0.4, 0.5) is 0 Å². The lowest BCUT2D eigenvalue weighted by Gasteiger charge is -2.32. The van der Waals surface area contributed by atoms with Crippen molar-refractivity contribution in [3.63, 3.8) is 0 Å². The van der Waals surface area contributed by atoms with Crippen LogP contribution in [0.15, 0.2) is 0 Å². The summed E-state index contributed by atoms with van der Waals surface area (Å²) >= 11 is 0. The first kappa shape index (κ1) is 8.52. The van der Waals surface area contributed by atoms with Gasteiger partial charge in [-0.2, -0.15) is 0 Å². The Kier molecular flexibility index (Phi) is 2.66. The maximum atomic E-state index is 3.51. The van der Waals surface area contributed by atoms with Crippen LogP contribution in [-0.4, -0.2) is 37.6 Å². The Hall–Kier alpha value is -0.0800. The number of rotatable bonds is 1. The van der Waals surface area contributed by atoms with Crippen molar-refractivity contribution in [3.05, 3.63) is 0 Å². The topological polar surface area (TPSA) is 15.3 Å². The molecule has 2 saturated heterocycles. The van der Waals surface area contributed by atoms with Crippen LogP contribution < -0.4 is 5.32 Å². The van der Waals surface area contributed by atoms with E-state index in [-0.39, 0.29) is 0 Å². The van der Waals surface area contributed by atoms with Gasteiger partial charge in [-0.15, -0.1) is 0 Å². The monoisotopic (exact) mass is 168 g/mol. The van der Waals surface area contributed by atoms with E-state index in [0.29, 0.717) is 0 Å². The Bertz CT molecular complexity index is 141. The summed E-state index contributed by atoms with van der Waals surface area (Å²) in [4.78, 5) is 2.55. The van der Waals surface area contributed by atoms with Gasteiger partial charge in [0.15, 0.2) is 0 Å². The summed E-state index contributed by atoms with van der Waals surface area (Å²) < 4.78 is 0. The van der Waals surface area contributed by atoms with E-state index in [1.54, 1.807) is 0 Å². The van der Waals surface area contributed by atoms with E-state index >= 15 is 0 Å². The number of nitrogens with one attached hydrogen (secondary N) is 1. The van der Waals surface area contributed by atoms with Crippen molar-refractivity contribution < 1.29 is 0 Å². The van der Waals surface area contributed by atoms with E-state index in [2.05, 4.69) is 17.3 Å². The summed E-state index contributed by atoms with van der Waals surface area (Å²) in [5, 5.41) is 3.51. The lowest BCUT2D eigenvalue weighted by molar-refractivity contribution is 0.195. The van der Waals surface area contributed by atoms with Crippen molar-refractivity contribution in [2.24, 2.45) is 5.92 Å². The molecule has 12 heavy (non-hydrogen) atoms. The Morgan fingerprint density at radius 1 is 1.25 bits per heavy atom. The van der Waals surface area contributed by atoms with Gasteiger partial charge < -0.3 is 10.2 Å². The first-order chi connectivity index (χ1) is 5.88.